The molecule has 0 spiro atoms. The fourth-order valence-electron chi connectivity index (χ4n) is 3.35. The first kappa shape index (κ1) is 13.4. The van der Waals surface area contributed by atoms with Crippen LogP contribution in [0.1, 0.15) is 49.4 Å². The molecule has 0 saturated carbocycles. The van der Waals surface area contributed by atoms with Gasteiger partial charge in [-0.05, 0) is 57.1 Å². The van der Waals surface area contributed by atoms with Gasteiger partial charge in [0.15, 0.2) is 0 Å². The zero-order chi connectivity index (χ0) is 14.2. The number of aromatic nitrogens is 1. The van der Waals surface area contributed by atoms with E-state index < -0.39 is 5.60 Å². The van der Waals surface area contributed by atoms with E-state index in [4.69, 9.17) is 4.98 Å². The predicted octanol–water partition coefficient (Wildman–Crippen LogP) is 2.18. The van der Waals surface area contributed by atoms with Crippen molar-refractivity contribution in [1.29, 1.82) is 5.26 Å². The molecule has 0 bridgehead atoms. The van der Waals surface area contributed by atoms with Crippen molar-refractivity contribution in [2.24, 2.45) is 0 Å². The van der Waals surface area contributed by atoms with Gasteiger partial charge in [-0.2, -0.15) is 5.26 Å². The summed E-state index contributed by atoms with van der Waals surface area (Å²) in [5, 5.41) is 19.7. The molecular formula is C16H21N3O. The molecule has 1 aromatic heterocycles. The van der Waals surface area contributed by atoms with E-state index >= 15 is 0 Å². The number of piperidine rings is 1. The monoisotopic (exact) mass is 271 g/mol. The third-order valence-electron chi connectivity index (χ3n) is 4.38. The molecule has 0 radical (unpaired) electrons. The van der Waals surface area contributed by atoms with E-state index in [1.54, 1.807) is 0 Å². The summed E-state index contributed by atoms with van der Waals surface area (Å²) in [5.74, 6) is 0.771. The van der Waals surface area contributed by atoms with Crippen LogP contribution in [0.5, 0.6) is 0 Å². The molecule has 1 aliphatic heterocycles. The number of nitriles is 1. The number of aliphatic hydroxyl groups is 1. The Morgan fingerprint density at radius 2 is 2.15 bits per heavy atom. The number of rotatable bonds is 1. The number of β-amino-alcohol motifs (C(OH)–C–C–N with tert-alkyl or cyclic N) is 1. The number of hydrogen-bond acceptors (Lipinski definition) is 4. The van der Waals surface area contributed by atoms with Crippen LogP contribution < -0.4 is 4.90 Å². The summed E-state index contributed by atoms with van der Waals surface area (Å²) in [6.07, 6.45) is 6.18. The molecule has 1 N–H and O–H groups in total. The first-order chi connectivity index (χ1) is 9.59. The highest BCUT2D eigenvalue weighted by molar-refractivity contribution is 5.57. The van der Waals surface area contributed by atoms with E-state index in [1.165, 1.54) is 18.4 Å². The maximum atomic E-state index is 10.3. The lowest BCUT2D eigenvalue weighted by Crippen LogP contribution is -2.46. The van der Waals surface area contributed by atoms with E-state index in [0.717, 1.165) is 43.7 Å². The van der Waals surface area contributed by atoms with Gasteiger partial charge >= 0.3 is 0 Å². The summed E-state index contributed by atoms with van der Waals surface area (Å²) in [4.78, 5) is 6.85. The Kier molecular flexibility index (Phi) is 3.39. The molecule has 4 nitrogen and oxygen atoms in total. The van der Waals surface area contributed by atoms with Crippen LogP contribution in [0.15, 0.2) is 6.07 Å². The highest BCUT2D eigenvalue weighted by atomic mass is 16.3. The molecule has 2 heterocycles. The molecule has 1 atom stereocenters. The maximum absolute atomic E-state index is 10.3. The molecule has 1 saturated heterocycles. The number of hydrogen-bond donors (Lipinski definition) is 1. The molecule has 0 aromatic carbocycles. The number of aryl methyl sites for hydroxylation is 2. The van der Waals surface area contributed by atoms with Gasteiger partial charge in [-0.1, -0.05) is 0 Å². The SMILES string of the molecule is CC1(O)CCCN(c2nc3c(cc2C#N)CCCC3)C1. The van der Waals surface area contributed by atoms with E-state index in [1.807, 2.05) is 13.0 Å². The third-order valence-corrected chi connectivity index (χ3v) is 4.38. The summed E-state index contributed by atoms with van der Waals surface area (Å²) < 4.78 is 0. The third kappa shape index (κ3) is 2.51. The minimum Gasteiger partial charge on any atom is -0.388 e. The highest BCUT2D eigenvalue weighted by Gasteiger charge is 2.30. The predicted molar refractivity (Wildman–Crippen MR) is 77.7 cm³/mol. The first-order valence-electron chi connectivity index (χ1n) is 7.49. The molecule has 4 heteroatoms. The second-order valence-electron chi connectivity index (χ2n) is 6.31. The van der Waals surface area contributed by atoms with Crippen molar-refractivity contribution in [1.82, 2.24) is 4.98 Å². The van der Waals surface area contributed by atoms with Crippen LogP contribution in [-0.2, 0) is 12.8 Å². The summed E-state index contributed by atoms with van der Waals surface area (Å²) in [6.45, 7) is 3.30. The number of fused-ring (bicyclic) bond motifs is 1. The molecule has 1 unspecified atom stereocenters. The van der Waals surface area contributed by atoms with Crippen molar-refractivity contribution < 1.29 is 5.11 Å². The van der Waals surface area contributed by atoms with E-state index in [-0.39, 0.29) is 0 Å². The lowest BCUT2D eigenvalue weighted by molar-refractivity contribution is 0.0447. The molecule has 106 valence electrons. The standard InChI is InChI=1S/C16H21N3O/c1-16(20)7-4-8-19(11-16)15-13(10-17)9-12-5-2-3-6-14(12)18-15/h9,20H,2-8,11H2,1H3. The average Bonchev–Trinajstić information content (AvgIpc) is 2.44. The Morgan fingerprint density at radius 1 is 1.35 bits per heavy atom. The van der Waals surface area contributed by atoms with Gasteiger partial charge in [-0.15, -0.1) is 0 Å². The van der Waals surface area contributed by atoms with Gasteiger partial charge in [0.05, 0.1) is 11.2 Å². The molecule has 0 amide bonds. The molecule has 2 aliphatic rings. The van der Waals surface area contributed by atoms with Crippen LogP contribution in [0.25, 0.3) is 0 Å². The molecular weight excluding hydrogens is 250 g/mol. The molecule has 3 rings (SSSR count). The number of anilines is 1. The molecule has 1 fully saturated rings. The summed E-state index contributed by atoms with van der Waals surface area (Å²) in [7, 11) is 0. The fourth-order valence-corrected chi connectivity index (χ4v) is 3.35. The fraction of sp³-hybridized carbons (Fsp3) is 0.625. The van der Waals surface area contributed by atoms with Gasteiger partial charge in [0.2, 0.25) is 0 Å². The Morgan fingerprint density at radius 3 is 2.90 bits per heavy atom. The van der Waals surface area contributed by atoms with Gasteiger partial charge in [-0.25, -0.2) is 4.98 Å². The number of pyridine rings is 1. The van der Waals surface area contributed by atoms with Crippen LogP contribution >= 0.6 is 0 Å². The van der Waals surface area contributed by atoms with Gasteiger partial charge in [0, 0.05) is 18.8 Å². The van der Waals surface area contributed by atoms with Crippen LogP contribution in [0.2, 0.25) is 0 Å². The quantitative estimate of drug-likeness (QED) is 0.850. The largest absolute Gasteiger partial charge is 0.388 e. The zero-order valence-electron chi connectivity index (χ0n) is 12.0. The van der Waals surface area contributed by atoms with E-state index in [2.05, 4.69) is 11.0 Å². The second kappa shape index (κ2) is 5.06. The van der Waals surface area contributed by atoms with E-state index in [9.17, 15) is 10.4 Å². The molecule has 20 heavy (non-hydrogen) atoms. The Hall–Kier alpha value is -1.60. The van der Waals surface area contributed by atoms with Gasteiger partial charge in [0.25, 0.3) is 0 Å². The van der Waals surface area contributed by atoms with Crippen LogP contribution in [-0.4, -0.2) is 28.8 Å². The van der Waals surface area contributed by atoms with Crippen molar-refractivity contribution in [3.05, 3.63) is 22.9 Å². The van der Waals surface area contributed by atoms with Crippen molar-refractivity contribution >= 4 is 5.82 Å². The van der Waals surface area contributed by atoms with Gasteiger partial charge in [-0.3, -0.25) is 0 Å². The van der Waals surface area contributed by atoms with Gasteiger partial charge in [0.1, 0.15) is 11.9 Å². The highest BCUT2D eigenvalue weighted by Crippen LogP contribution is 2.30. The lowest BCUT2D eigenvalue weighted by Gasteiger charge is -2.38. The summed E-state index contributed by atoms with van der Waals surface area (Å²) >= 11 is 0. The van der Waals surface area contributed by atoms with Gasteiger partial charge < -0.3 is 10.0 Å². The smallest absolute Gasteiger partial charge is 0.146 e. The van der Waals surface area contributed by atoms with Crippen LogP contribution in [0.3, 0.4) is 0 Å². The molecule has 1 aliphatic carbocycles. The first-order valence-corrected chi connectivity index (χ1v) is 7.49. The minimum absolute atomic E-state index is 0.563. The summed E-state index contributed by atoms with van der Waals surface area (Å²) in [6, 6.07) is 4.30. The maximum Gasteiger partial charge on any atom is 0.146 e. The summed E-state index contributed by atoms with van der Waals surface area (Å²) in [5.41, 5.74) is 2.36. The second-order valence-corrected chi connectivity index (χ2v) is 6.31. The Labute approximate surface area is 120 Å². The van der Waals surface area contributed by atoms with Crippen molar-refractivity contribution in [3.63, 3.8) is 0 Å². The average molecular weight is 271 g/mol. The molecule has 1 aromatic rings. The van der Waals surface area contributed by atoms with Crippen molar-refractivity contribution in [2.75, 3.05) is 18.0 Å². The topological polar surface area (TPSA) is 60.1 Å². The normalized spacial score (nSPS) is 25.9. The zero-order valence-corrected chi connectivity index (χ0v) is 12.0. The van der Waals surface area contributed by atoms with E-state index in [0.29, 0.717) is 12.1 Å². The van der Waals surface area contributed by atoms with Crippen LogP contribution in [0.4, 0.5) is 5.82 Å². The van der Waals surface area contributed by atoms with Crippen molar-refractivity contribution in [3.8, 4) is 6.07 Å². The number of nitrogens with zero attached hydrogens (tertiary/aromatic N) is 3. The minimum atomic E-state index is -0.678. The Balaban J connectivity index is 1.98. The lowest BCUT2D eigenvalue weighted by atomic mass is 9.93. The van der Waals surface area contributed by atoms with Crippen molar-refractivity contribution in [2.45, 2.75) is 51.0 Å². The van der Waals surface area contributed by atoms with Crippen LogP contribution in [0, 0.1) is 11.3 Å². The Bertz CT molecular complexity index is 560.